The Bertz CT molecular complexity index is 521. The Labute approximate surface area is 97.7 Å². The Kier molecular flexibility index (Phi) is 4.30. The first-order valence-electron chi connectivity index (χ1n) is 4.58. The zero-order chi connectivity index (χ0) is 12.9. The van der Waals surface area contributed by atoms with E-state index < -0.39 is 20.8 Å². The summed E-state index contributed by atoms with van der Waals surface area (Å²) in [5, 5.41) is 10.4. The van der Waals surface area contributed by atoms with Gasteiger partial charge in [0.2, 0.25) is 0 Å². The first kappa shape index (κ1) is 13.3. The lowest BCUT2D eigenvalue weighted by Gasteiger charge is -1.94. The van der Waals surface area contributed by atoms with Crippen LogP contribution in [0.4, 0.5) is 5.69 Å². The van der Waals surface area contributed by atoms with E-state index >= 15 is 0 Å². The van der Waals surface area contributed by atoms with Crippen molar-refractivity contribution in [3.8, 4) is 0 Å². The van der Waals surface area contributed by atoms with E-state index in [0.717, 1.165) is 0 Å². The molecule has 0 aliphatic heterocycles. The molecule has 0 unspecified atom stereocenters. The van der Waals surface area contributed by atoms with Crippen LogP contribution in [0.15, 0.2) is 29.3 Å². The number of aliphatic imine (C=N–C) groups is 1. The highest BCUT2D eigenvalue weighted by Gasteiger charge is 2.03. The highest BCUT2D eigenvalue weighted by molar-refractivity contribution is 7.85. The predicted octanol–water partition coefficient (Wildman–Crippen LogP) is 0.901. The lowest BCUT2D eigenvalue weighted by molar-refractivity contribution is -0.384. The van der Waals surface area contributed by atoms with E-state index in [-0.39, 0.29) is 12.2 Å². The summed E-state index contributed by atoms with van der Waals surface area (Å²) >= 11 is 0. The number of rotatable bonds is 5. The smallest absolute Gasteiger partial charge is 0.269 e. The molecule has 0 saturated heterocycles. The van der Waals surface area contributed by atoms with Gasteiger partial charge in [0.15, 0.2) is 0 Å². The lowest BCUT2D eigenvalue weighted by atomic mass is 10.2. The van der Waals surface area contributed by atoms with E-state index in [1.807, 2.05) is 0 Å². The van der Waals surface area contributed by atoms with Gasteiger partial charge < -0.3 is 0 Å². The Hall–Kier alpha value is -1.80. The summed E-state index contributed by atoms with van der Waals surface area (Å²) in [4.78, 5) is 13.6. The van der Waals surface area contributed by atoms with E-state index in [9.17, 15) is 18.5 Å². The van der Waals surface area contributed by atoms with Crippen molar-refractivity contribution in [3.05, 3.63) is 39.9 Å². The normalized spacial score (nSPS) is 11.8. The SMILES string of the molecule is O=[N+]([O-])c1ccc(C=NCCS(=O)(=O)O)cc1. The molecule has 1 N–H and O–H groups in total. The van der Waals surface area contributed by atoms with Crippen molar-refractivity contribution in [1.82, 2.24) is 0 Å². The van der Waals surface area contributed by atoms with Gasteiger partial charge in [-0.25, -0.2) is 0 Å². The Balaban J connectivity index is 2.58. The summed E-state index contributed by atoms with van der Waals surface area (Å²) in [6.07, 6.45) is 1.38. The summed E-state index contributed by atoms with van der Waals surface area (Å²) in [5.74, 6) is -0.448. The lowest BCUT2D eigenvalue weighted by Crippen LogP contribution is -2.06. The average molecular weight is 258 g/mol. The molecule has 0 bridgehead atoms. The van der Waals surface area contributed by atoms with Crippen LogP contribution in [-0.2, 0) is 10.1 Å². The van der Waals surface area contributed by atoms with E-state index in [1.54, 1.807) is 0 Å². The van der Waals surface area contributed by atoms with Crippen molar-refractivity contribution in [2.24, 2.45) is 4.99 Å². The molecule has 0 amide bonds. The zero-order valence-electron chi connectivity index (χ0n) is 8.68. The maximum Gasteiger partial charge on any atom is 0.269 e. The molecule has 17 heavy (non-hydrogen) atoms. The van der Waals surface area contributed by atoms with Gasteiger partial charge in [-0.1, -0.05) is 0 Å². The number of hydrogen-bond acceptors (Lipinski definition) is 5. The second-order valence-electron chi connectivity index (χ2n) is 3.17. The second-order valence-corrected chi connectivity index (χ2v) is 4.74. The van der Waals surface area contributed by atoms with E-state index in [2.05, 4.69) is 4.99 Å². The van der Waals surface area contributed by atoms with Crippen molar-refractivity contribution in [3.63, 3.8) is 0 Å². The van der Waals surface area contributed by atoms with Crippen LogP contribution in [0.2, 0.25) is 0 Å². The molecule has 0 radical (unpaired) electrons. The zero-order valence-corrected chi connectivity index (χ0v) is 9.50. The number of benzene rings is 1. The Morgan fingerprint density at radius 2 is 1.94 bits per heavy atom. The summed E-state index contributed by atoms with van der Waals surface area (Å²) in [6.45, 7) is -0.0597. The second kappa shape index (κ2) is 5.51. The summed E-state index contributed by atoms with van der Waals surface area (Å²) in [5.41, 5.74) is 0.589. The molecule has 0 atom stereocenters. The molecule has 7 nitrogen and oxygen atoms in total. The van der Waals surface area contributed by atoms with Crippen LogP contribution in [-0.4, -0.2) is 36.4 Å². The minimum Gasteiger partial charge on any atom is -0.291 e. The molecule has 0 spiro atoms. The third-order valence-electron chi connectivity index (χ3n) is 1.82. The molecule has 0 aliphatic rings. The van der Waals surface area contributed by atoms with Gasteiger partial charge in [0, 0.05) is 18.3 Å². The van der Waals surface area contributed by atoms with Crippen LogP contribution in [0.25, 0.3) is 0 Å². The molecule has 1 rings (SSSR count). The van der Waals surface area contributed by atoms with E-state index in [4.69, 9.17) is 4.55 Å². The molecule has 0 heterocycles. The van der Waals surface area contributed by atoms with E-state index in [0.29, 0.717) is 5.56 Å². The van der Waals surface area contributed by atoms with Gasteiger partial charge in [0.1, 0.15) is 0 Å². The number of nitro benzene ring substituents is 1. The minimum atomic E-state index is -4.00. The van der Waals surface area contributed by atoms with Gasteiger partial charge in [-0.3, -0.25) is 19.7 Å². The van der Waals surface area contributed by atoms with Crippen molar-refractivity contribution in [2.75, 3.05) is 12.3 Å². The van der Waals surface area contributed by atoms with Gasteiger partial charge in [0.25, 0.3) is 15.8 Å². The number of hydrogen-bond donors (Lipinski definition) is 1. The molecule has 0 fully saturated rings. The van der Waals surface area contributed by atoms with Crippen LogP contribution in [0.1, 0.15) is 5.56 Å². The maximum absolute atomic E-state index is 10.4. The van der Waals surface area contributed by atoms with Gasteiger partial charge in [0.05, 0.1) is 17.2 Å². The maximum atomic E-state index is 10.4. The molecule has 0 aliphatic carbocycles. The van der Waals surface area contributed by atoms with Crippen molar-refractivity contribution in [1.29, 1.82) is 0 Å². The third-order valence-corrected chi connectivity index (χ3v) is 2.52. The van der Waals surface area contributed by atoms with Crippen LogP contribution in [0.5, 0.6) is 0 Å². The minimum absolute atomic E-state index is 0.0277. The van der Waals surface area contributed by atoms with Crippen LogP contribution in [0.3, 0.4) is 0 Å². The molecular weight excluding hydrogens is 248 g/mol. The third kappa shape index (κ3) is 5.18. The van der Waals surface area contributed by atoms with Crippen LogP contribution < -0.4 is 0 Å². The highest BCUT2D eigenvalue weighted by Crippen LogP contribution is 2.10. The largest absolute Gasteiger partial charge is 0.291 e. The van der Waals surface area contributed by atoms with Gasteiger partial charge in [-0.15, -0.1) is 0 Å². The summed E-state index contributed by atoms with van der Waals surface area (Å²) in [7, 11) is -4.00. The van der Waals surface area contributed by atoms with Crippen molar-refractivity contribution in [2.45, 2.75) is 0 Å². The van der Waals surface area contributed by atoms with E-state index in [1.165, 1.54) is 30.5 Å². The van der Waals surface area contributed by atoms with Crippen LogP contribution >= 0.6 is 0 Å². The predicted molar refractivity (Wildman–Crippen MR) is 62.0 cm³/mol. The first-order chi connectivity index (χ1) is 7.88. The van der Waals surface area contributed by atoms with Crippen LogP contribution in [0, 0.1) is 10.1 Å². The average Bonchev–Trinajstić information content (AvgIpc) is 2.24. The Morgan fingerprint density at radius 3 is 2.41 bits per heavy atom. The fourth-order valence-corrected chi connectivity index (χ4v) is 1.36. The van der Waals surface area contributed by atoms with Gasteiger partial charge in [-0.05, 0) is 17.7 Å². The molecule has 92 valence electrons. The summed E-state index contributed by atoms with van der Waals surface area (Å²) < 4.78 is 29.2. The molecule has 1 aromatic carbocycles. The highest BCUT2D eigenvalue weighted by atomic mass is 32.2. The van der Waals surface area contributed by atoms with Crippen molar-refractivity contribution >= 4 is 22.0 Å². The molecule has 0 aromatic heterocycles. The monoisotopic (exact) mass is 258 g/mol. The first-order valence-corrected chi connectivity index (χ1v) is 6.19. The fraction of sp³-hybridized carbons (Fsp3) is 0.222. The molecular formula is C9H10N2O5S. The topological polar surface area (TPSA) is 110 Å². The molecule has 8 heteroatoms. The number of nitrogens with zero attached hydrogens (tertiary/aromatic N) is 2. The van der Waals surface area contributed by atoms with Gasteiger partial charge >= 0.3 is 0 Å². The standard InChI is InChI=1S/C9H10N2O5S/c12-11(13)9-3-1-8(2-4-9)7-10-5-6-17(14,15)16/h1-4,7H,5-6H2,(H,14,15,16). The number of nitro groups is 1. The number of non-ortho nitro benzene ring substituents is 1. The molecule has 1 aromatic rings. The quantitative estimate of drug-likeness (QED) is 0.365. The van der Waals surface area contributed by atoms with Gasteiger partial charge in [-0.2, -0.15) is 8.42 Å². The summed E-state index contributed by atoms with van der Waals surface area (Å²) in [6, 6.07) is 5.64. The molecule has 0 saturated carbocycles. The fourth-order valence-electron chi connectivity index (χ4n) is 1.02. The van der Waals surface area contributed by atoms with Crippen molar-refractivity contribution < 1.29 is 17.9 Å². The Morgan fingerprint density at radius 1 is 1.35 bits per heavy atom.